The Morgan fingerprint density at radius 1 is 1.36 bits per heavy atom. The number of fused-ring (bicyclic) bond motifs is 1. The Hall–Kier alpha value is -2.93. The molecule has 28 heavy (non-hydrogen) atoms. The van der Waals surface area contributed by atoms with E-state index in [2.05, 4.69) is 20.3 Å². The predicted molar refractivity (Wildman–Crippen MR) is 108 cm³/mol. The molecule has 1 atom stereocenters. The summed E-state index contributed by atoms with van der Waals surface area (Å²) in [5, 5.41) is 4.39. The van der Waals surface area contributed by atoms with Crippen LogP contribution in [0.1, 0.15) is 23.6 Å². The first-order valence-electron chi connectivity index (χ1n) is 9.63. The third-order valence-corrected chi connectivity index (χ3v) is 5.23. The van der Waals surface area contributed by atoms with Gasteiger partial charge in [-0.15, -0.1) is 0 Å². The molecule has 1 aromatic carbocycles. The summed E-state index contributed by atoms with van der Waals surface area (Å²) in [6.07, 6.45) is 4.90. The van der Waals surface area contributed by atoms with Crippen molar-refractivity contribution in [1.29, 1.82) is 0 Å². The van der Waals surface area contributed by atoms with Gasteiger partial charge in [-0.3, -0.25) is 4.79 Å². The smallest absolute Gasteiger partial charge is 0.226 e. The highest BCUT2D eigenvalue weighted by Crippen LogP contribution is 2.24. The summed E-state index contributed by atoms with van der Waals surface area (Å²) in [6.45, 7) is 2.75. The van der Waals surface area contributed by atoms with Gasteiger partial charge in [-0.1, -0.05) is 18.2 Å². The molecule has 0 bridgehead atoms. The van der Waals surface area contributed by atoms with Gasteiger partial charge in [-0.25, -0.2) is 9.97 Å². The van der Waals surface area contributed by atoms with Crippen molar-refractivity contribution in [1.82, 2.24) is 19.9 Å². The summed E-state index contributed by atoms with van der Waals surface area (Å²) < 4.78 is 5.43. The first kappa shape index (κ1) is 18.4. The largest absolute Gasteiger partial charge is 0.381 e. The third kappa shape index (κ3) is 4.14. The molecule has 0 saturated carbocycles. The maximum absolute atomic E-state index is 12.6. The first-order valence-corrected chi connectivity index (χ1v) is 9.63. The van der Waals surface area contributed by atoms with E-state index in [1.807, 2.05) is 43.6 Å². The molecule has 7 heteroatoms. The molecule has 1 aliphatic heterocycles. The van der Waals surface area contributed by atoms with Crippen LogP contribution in [-0.4, -0.2) is 59.1 Å². The molecule has 146 valence electrons. The fourth-order valence-electron chi connectivity index (χ4n) is 3.51. The summed E-state index contributed by atoms with van der Waals surface area (Å²) in [4.78, 5) is 26.2. The predicted octanol–water partition coefficient (Wildman–Crippen LogP) is 2.57. The Labute approximate surface area is 164 Å². The number of hydrogen-bond donors (Lipinski definition) is 2. The lowest BCUT2D eigenvalue weighted by Crippen LogP contribution is -2.32. The van der Waals surface area contributed by atoms with Gasteiger partial charge in [0, 0.05) is 55.8 Å². The minimum absolute atomic E-state index is 0.0954. The first-order chi connectivity index (χ1) is 13.7. The van der Waals surface area contributed by atoms with Crippen LogP contribution in [0, 0.1) is 0 Å². The number of benzene rings is 1. The summed E-state index contributed by atoms with van der Waals surface area (Å²) in [5.74, 6) is 1.23. The van der Waals surface area contributed by atoms with Crippen molar-refractivity contribution < 1.29 is 9.53 Å². The number of amides is 1. The van der Waals surface area contributed by atoms with E-state index in [9.17, 15) is 4.79 Å². The highest BCUT2D eigenvalue weighted by Gasteiger charge is 2.19. The Balaban J connectivity index is 1.29. The molecule has 1 unspecified atom stereocenters. The van der Waals surface area contributed by atoms with Crippen LogP contribution in [0.5, 0.6) is 0 Å². The molecule has 1 fully saturated rings. The van der Waals surface area contributed by atoms with Gasteiger partial charge in [0.2, 0.25) is 5.91 Å². The van der Waals surface area contributed by atoms with Gasteiger partial charge in [0.25, 0.3) is 0 Å². The van der Waals surface area contributed by atoms with Crippen molar-refractivity contribution in [3.8, 4) is 0 Å². The van der Waals surface area contributed by atoms with Crippen molar-refractivity contribution in [3.63, 3.8) is 0 Å². The molecule has 0 aliphatic carbocycles. The lowest BCUT2D eigenvalue weighted by molar-refractivity contribution is -0.129. The van der Waals surface area contributed by atoms with Crippen molar-refractivity contribution in [2.24, 2.45) is 0 Å². The Kier molecular flexibility index (Phi) is 5.53. The number of aromatic amines is 1. The molecule has 1 saturated heterocycles. The summed E-state index contributed by atoms with van der Waals surface area (Å²) in [6, 6.07) is 10.0. The second-order valence-electron chi connectivity index (χ2n) is 7.17. The molecule has 2 aromatic heterocycles. The van der Waals surface area contributed by atoms with Crippen LogP contribution in [0.25, 0.3) is 10.9 Å². The average Bonchev–Trinajstić information content (AvgIpc) is 3.39. The van der Waals surface area contributed by atoms with Crippen LogP contribution < -0.4 is 5.32 Å². The van der Waals surface area contributed by atoms with E-state index < -0.39 is 0 Å². The van der Waals surface area contributed by atoms with E-state index in [1.165, 1.54) is 0 Å². The van der Waals surface area contributed by atoms with E-state index in [-0.39, 0.29) is 5.91 Å². The van der Waals surface area contributed by atoms with Crippen LogP contribution >= 0.6 is 0 Å². The normalized spacial score (nSPS) is 16.4. The molecule has 1 aliphatic rings. The number of rotatable bonds is 7. The number of anilines is 1. The minimum atomic E-state index is 0.0954. The van der Waals surface area contributed by atoms with E-state index in [0.717, 1.165) is 47.6 Å². The highest BCUT2D eigenvalue weighted by atomic mass is 16.5. The van der Waals surface area contributed by atoms with Crippen molar-refractivity contribution in [2.45, 2.75) is 18.8 Å². The van der Waals surface area contributed by atoms with E-state index in [1.54, 1.807) is 11.2 Å². The van der Waals surface area contributed by atoms with E-state index in [0.29, 0.717) is 25.4 Å². The van der Waals surface area contributed by atoms with Crippen molar-refractivity contribution in [3.05, 3.63) is 54.1 Å². The summed E-state index contributed by atoms with van der Waals surface area (Å²) in [7, 11) is 1.83. The third-order valence-electron chi connectivity index (χ3n) is 5.23. The van der Waals surface area contributed by atoms with Gasteiger partial charge in [-0.2, -0.15) is 0 Å². The number of likely N-dealkylation sites (N-methyl/N-ethyl adjacent to an activating group) is 1. The summed E-state index contributed by atoms with van der Waals surface area (Å²) in [5.41, 5.74) is 3.10. The van der Waals surface area contributed by atoms with Crippen LogP contribution in [0.15, 0.2) is 42.9 Å². The Morgan fingerprint density at radius 2 is 2.25 bits per heavy atom. The number of nitrogens with zero attached hydrogens (tertiary/aromatic N) is 3. The van der Waals surface area contributed by atoms with Crippen LogP contribution in [0.3, 0.4) is 0 Å². The zero-order chi connectivity index (χ0) is 19.3. The van der Waals surface area contributed by atoms with Gasteiger partial charge in [-0.05, 0) is 18.1 Å². The maximum atomic E-state index is 12.6. The number of para-hydroxylation sites is 1. The highest BCUT2D eigenvalue weighted by molar-refractivity contribution is 5.88. The molecule has 7 nitrogen and oxygen atoms in total. The number of ether oxygens (including phenoxy) is 1. The molecule has 3 aromatic rings. The van der Waals surface area contributed by atoms with Gasteiger partial charge in [0.15, 0.2) is 0 Å². The number of carbonyl (C=O) groups excluding carboxylic acids is 1. The quantitative estimate of drug-likeness (QED) is 0.659. The van der Waals surface area contributed by atoms with Gasteiger partial charge >= 0.3 is 0 Å². The van der Waals surface area contributed by atoms with Crippen molar-refractivity contribution in [2.75, 3.05) is 38.7 Å². The maximum Gasteiger partial charge on any atom is 0.226 e. The number of hydrogen-bond acceptors (Lipinski definition) is 5. The lowest BCUT2D eigenvalue weighted by Gasteiger charge is -2.18. The number of carbonyl (C=O) groups is 1. The van der Waals surface area contributed by atoms with Crippen LogP contribution in [0.4, 0.5) is 5.82 Å². The van der Waals surface area contributed by atoms with Gasteiger partial charge in [0.05, 0.1) is 18.7 Å². The molecule has 2 N–H and O–H groups in total. The monoisotopic (exact) mass is 379 g/mol. The van der Waals surface area contributed by atoms with Crippen molar-refractivity contribution >= 4 is 22.6 Å². The molecule has 3 heterocycles. The standard InChI is InChI=1S/C21H25N5O2/c1-26(21(27)10-16-12-23-18-5-3-2-4-17(16)18)8-7-22-20-11-19(24-14-25-20)15-6-9-28-13-15/h2-5,11-12,14-15,23H,6-10,13H2,1H3,(H,22,24,25). The number of aromatic nitrogens is 3. The molecular formula is C21H25N5O2. The number of nitrogens with one attached hydrogen (secondary N) is 2. The minimum Gasteiger partial charge on any atom is -0.381 e. The second kappa shape index (κ2) is 8.39. The SMILES string of the molecule is CN(CCNc1cc(C2CCOC2)ncn1)C(=O)Cc1c[nH]c2ccccc12. The Bertz CT molecular complexity index is 949. The zero-order valence-electron chi connectivity index (χ0n) is 16.0. The Morgan fingerprint density at radius 3 is 3.11 bits per heavy atom. The van der Waals surface area contributed by atoms with E-state index in [4.69, 9.17) is 4.74 Å². The second-order valence-corrected chi connectivity index (χ2v) is 7.17. The van der Waals surface area contributed by atoms with Crippen LogP contribution in [-0.2, 0) is 16.0 Å². The van der Waals surface area contributed by atoms with Crippen LogP contribution in [0.2, 0.25) is 0 Å². The van der Waals surface area contributed by atoms with Gasteiger partial charge < -0.3 is 19.9 Å². The lowest BCUT2D eigenvalue weighted by atomic mass is 10.1. The van der Waals surface area contributed by atoms with Gasteiger partial charge in [0.1, 0.15) is 12.1 Å². The fourth-order valence-corrected chi connectivity index (χ4v) is 3.51. The molecule has 4 rings (SSSR count). The van der Waals surface area contributed by atoms with E-state index >= 15 is 0 Å². The molecular weight excluding hydrogens is 354 g/mol. The molecule has 0 radical (unpaired) electrons. The average molecular weight is 379 g/mol. The fraction of sp³-hybridized carbons (Fsp3) is 0.381. The summed E-state index contributed by atoms with van der Waals surface area (Å²) >= 11 is 0. The molecule has 1 amide bonds. The molecule has 0 spiro atoms. The topological polar surface area (TPSA) is 83.1 Å². The number of H-pyrrole nitrogens is 1. The zero-order valence-corrected chi connectivity index (χ0v) is 16.0.